The molecule has 1 atom stereocenters. The fraction of sp³-hybridized carbons (Fsp3) is 0.353. The summed E-state index contributed by atoms with van der Waals surface area (Å²) in [7, 11) is 0. The van der Waals surface area contributed by atoms with Gasteiger partial charge in [0, 0.05) is 11.6 Å². The summed E-state index contributed by atoms with van der Waals surface area (Å²) in [6.45, 7) is 3.49. The number of benzene rings is 1. The van der Waals surface area contributed by atoms with E-state index in [4.69, 9.17) is 21.4 Å². The van der Waals surface area contributed by atoms with E-state index in [9.17, 15) is 9.59 Å². The number of nitrogens with one attached hydrogen (secondary N) is 1. The molecule has 1 aromatic carbocycles. The lowest BCUT2D eigenvalue weighted by atomic mass is 10.0. The van der Waals surface area contributed by atoms with E-state index in [1.165, 1.54) is 0 Å². The van der Waals surface area contributed by atoms with Gasteiger partial charge in [0.1, 0.15) is 17.3 Å². The fourth-order valence-corrected chi connectivity index (χ4v) is 2.52. The molecule has 24 heavy (non-hydrogen) atoms. The Bertz CT molecular complexity index is 748. The van der Waals surface area contributed by atoms with Crippen molar-refractivity contribution in [2.45, 2.75) is 26.3 Å². The number of ether oxygens (including phenoxy) is 1. The summed E-state index contributed by atoms with van der Waals surface area (Å²) >= 11 is 6.10. The number of amides is 1. The summed E-state index contributed by atoms with van der Waals surface area (Å²) in [4.78, 5) is 27.4. The first-order chi connectivity index (χ1) is 11.4. The highest BCUT2D eigenvalue weighted by atomic mass is 35.5. The third-order valence-electron chi connectivity index (χ3n) is 3.38. The minimum atomic E-state index is -1.06. The van der Waals surface area contributed by atoms with E-state index in [1.54, 1.807) is 30.5 Å². The Morgan fingerprint density at radius 1 is 1.33 bits per heavy atom. The van der Waals surface area contributed by atoms with Gasteiger partial charge in [-0.2, -0.15) is 0 Å². The second-order valence-corrected chi connectivity index (χ2v) is 6.23. The SMILES string of the molecule is CC(C)C[C@@H](NC(=O)COc1ccc(Cl)c2cccnc12)C(=O)O. The fourth-order valence-electron chi connectivity index (χ4n) is 2.30. The molecule has 0 fully saturated rings. The van der Waals surface area contributed by atoms with Gasteiger partial charge in [0.15, 0.2) is 6.61 Å². The largest absolute Gasteiger partial charge is 0.481 e. The number of hydrogen-bond donors (Lipinski definition) is 2. The van der Waals surface area contributed by atoms with Crippen LogP contribution in [0.25, 0.3) is 10.9 Å². The molecule has 0 spiro atoms. The predicted octanol–water partition coefficient (Wildman–Crippen LogP) is 2.88. The zero-order valence-electron chi connectivity index (χ0n) is 13.5. The van der Waals surface area contributed by atoms with Crippen LogP contribution >= 0.6 is 11.6 Å². The van der Waals surface area contributed by atoms with E-state index >= 15 is 0 Å². The van der Waals surface area contributed by atoms with Crippen LogP contribution in [-0.4, -0.2) is 34.6 Å². The van der Waals surface area contributed by atoms with E-state index in [2.05, 4.69) is 10.3 Å². The molecule has 1 amide bonds. The van der Waals surface area contributed by atoms with Crippen LogP contribution in [0.5, 0.6) is 5.75 Å². The molecular weight excluding hydrogens is 332 g/mol. The maximum absolute atomic E-state index is 12.0. The molecule has 0 aliphatic carbocycles. The van der Waals surface area contributed by atoms with E-state index in [-0.39, 0.29) is 12.5 Å². The first kappa shape index (κ1) is 18.0. The number of nitrogens with zero attached hydrogens (tertiary/aromatic N) is 1. The summed E-state index contributed by atoms with van der Waals surface area (Å²) < 4.78 is 5.50. The highest BCUT2D eigenvalue weighted by Gasteiger charge is 2.21. The number of aliphatic carboxylic acids is 1. The van der Waals surface area contributed by atoms with Crippen LogP contribution < -0.4 is 10.1 Å². The highest BCUT2D eigenvalue weighted by molar-refractivity contribution is 6.35. The van der Waals surface area contributed by atoms with Crippen LogP contribution in [0.1, 0.15) is 20.3 Å². The highest BCUT2D eigenvalue weighted by Crippen LogP contribution is 2.29. The lowest BCUT2D eigenvalue weighted by molar-refractivity contribution is -0.142. The van der Waals surface area contributed by atoms with Crippen molar-refractivity contribution in [1.29, 1.82) is 0 Å². The second kappa shape index (κ2) is 7.97. The third-order valence-corrected chi connectivity index (χ3v) is 3.71. The van der Waals surface area contributed by atoms with Gasteiger partial charge in [-0.15, -0.1) is 0 Å². The van der Waals surface area contributed by atoms with Crippen molar-refractivity contribution in [3.05, 3.63) is 35.5 Å². The van der Waals surface area contributed by atoms with Crippen LogP contribution in [0.3, 0.4) is 0 Å². The maximum Gasteiger partial charge on any atom is 0.326 e. The summed E-state index contributed by atoms with van der Waals surface area (Å²) in [6.07, 6.45) is 1.96. The van der Waals surface area contributed by atoms with Crippen LogP contribution in [0.4, 0.5) is 0 Å². The standard InChI is InChI=1S/C17H19ClN2O4/c1-10(2)8-13(17(22)23)20-15(21)9-24-14-6-5-12(18)11-4-3-7-19-16(11)14/h3-7,10,13H,8-9H2,1-2H3,(H,20,21)(H,22,23)/t13-/m1/s1. The number of pyridine rings is 1. The normalized spacial score (nSPS) is 12.2. The molecule has 0 aliphatic heterocycles. The number of carboxylic acids is 1. The molecule has 0 unspecified atom stereocenters. The second-order valence-electron chi connectivity index (χ2n) is 5.82. The van der Waals surface area contributed by atoms with Crippen LogP contribution in [0, 0.1) is 5.92 Å². The average Bonchev–Trinajstić information content (AvgIpc) is 2.53. The van der Waals surface area contributed by atoms with E-state index in [0.29, 0.717) is 22.7 Å². The van der Waals surface area contributed by atoms with Crippen molar-refractivity contribution < 1.29 is 19.4 Å². The molecule has 2 aromatic rings. The summed E-state index contributed by atoms with van der Waals surface area (Å²) in [6, 6.07) is 5.93. The molecule has 0 aliphatic rings. The Morgan fingerprint density at radius 2 is 2.08 bits per heavy atom. The molecule has 0 bridgehead atoms. The molecule has 0 saturated carbocycles. The average molecular weight is 351 g/mol. The number of carbonyl (C=O) groups is 2. The van der Waals surface area contributed by atoms with Gasteiger partial charge in [0.05, 0.1) is 5.02 Å². The minimum Gasteiger partial charge on any atom is -0.481 e. The van der Waals surface area contributed by atoms with Crippen LogP contribution in [-0.2, 0) is 9.59 Å². The number of aromatic nitrogens is 1. The number of halogens is 1. The maximum atomic E-state index is 12.0. The Hall–Kier alpha value is -2.34. The Kier molecular flexibility index (Phi) is 5.98. The summed E-state index contributed by atoms with van der Waals surface area (Å²) in [5.41, 5.74) is 0.551. The van der Waals surface area contributed by atoms with Crippen LogP contribution in [0.15, 0.2) is 30.5 Å². The van der Waals surface area contributed by atoms with Crippen LogP contribution in [0.2, 0.25) is 5.02 Å². The Balaban J connectivity index is 2.04. The molecule has 6 nitrogen and oxygen atoms in total. The quantitative estimate of drug-likeness (QED) is 0.801. The lowest BCUT2D eigenvalue weighted by Gasteiger charge is -2.17. The molecular formula is C17H19ClN2O4. The Morgan fingerprint density at radius 3 is 2.75 bits per heavy atom. The van der Waals surface area contributed by atoms with E-state index in [1.807, 2.05) is 13.8 Å². The van der Waals surface area contributed by atoms with Crippen molar-refractivity contribution in [2.75, 3.05) is 6.61 Å². The van der Waals surface area contributed by atoms with Crippen molar-refractivity contribution in [3.63, 3.8) is 0 Å². The summed E-state index contributed by atoms with van der Waals surface area (Å²) in [5.74, 6) is -0.990. The Labute approximate surface area is 144 Å². The number of carbonyl (C=O) groups excluding carboxylic acids is 1. The van der Waals surface area contributed by atoms with Crippen molar-refractivity contribution in [2.24, 2.45) is 5.92 Å². The monoisotopic (exact) mass is 350 g/mol. The van der Waals surface area contributed by atoms with Gasteiger partial charge in [-0.3, -0.25) is 9.78 Å². The van der Waals surface area contributed by atoms with Gasteiger partial charge in [-0.1, -0.05) is 25.4 Å². The first-order valence-electron chi connectivity index (χ1n) is 7.56. The number of fused-ring (bicyclic) bond motifs is 1. The summed E-state index contributed by atoms with van der Waals surface area (Å²) in [5, 5.41) is 12.9. The van der Waals surface area contributed by atoms with Crippen molar-refractivity contribution in [3.8, 4) is 5.75 Å². The number of rotatable bonds is 7. The third kappa shape index (κ3) is 4.58. The molecule has 0 radical (unpaired) electrons. The van der Waals surface area contributed by atoms with Gasteiger partial charge in [-0.25, -0.2) is 4.79 Å². The first-order valence-corrected chi connectivity index (χ1v) is 7.94. The molecule has 0 saturated heterocycles. The van der Waals surface area contributed by atoms with E-state index < -0.39 is 17.9 Å². The van der Waals surface area contributed by atoms with Gasteiger partial charge in [-0.05, 0) is 36.6 Å². The van der Waals surface area contributed by atoms with Gasteiger partial charge in [0.2, 0.25) is 0 Å². The molecule has 2 rings (SSSR count). The smallest absolute Gasteiger partial charge is 0.326 e. The molecule has 7 heteroatoms. The lowest BCUT2D eigenvalue weighted by Crippen LogP contribution is -2.43. The van der Waals surface area contributed by atoms with Gasteiger partial charge < -0.3 is 15.2 Å². The number of hydrogen-bond acceptors (Lipinski definition) is 4. The minimum absolute atomic E-state index is 0.150. The predicted molar refractivity (Wildman–Crippen MR) is 91.3 cm³/mol. The number of carboxylic acid groups (broad SMARTS) is 1. The van der Waals surface area contributed by atoms with Gasteiger partial charge in [0.25, 0.3) is 5.91 Å². The van der Waals surface area contributed by atoms with Crippen molar-refractivity contribution >= 4 is 34.4 Å². The van der Waals surface area contributed by atoms with Crippen molar-refractivity contribution in [1.82, 2.24) is 10.3 Å². The zero-order chi connectivity index (χ0) is 17.7. The molecule has 1 aromatic heterocycles. The zero-order valence-corrected chi connectivity index (χ0v) is 14.2. The molecule has 128 valence electrons. The van der Waals surface area contributed by atoms with E-state index in [0.717, 1.165) is 5.39 Å². The topological polar surface area (TPSA) is 88.5 Å². The van der Waals surface area contributed by atoms with Gasteiger partial charge >= 0.3 is 5.97 Å². The molecule has 1 heterocycles. The molecule has 2 N–H and O–H groups in total.